The molecule has 0 aliphatic rings. The largest absolute Gasteiger partial charge is 0.309 e. The summed E-state index contributed by atoms with van der Waals surface area (Å²) in [5.74, 6) is -0.170. The minimum Gasteiger partial charge on any atom is -0.309 e. The molecule has 208 valence electrons. The Hall–Kier alpha value is -2.33. The predicted molar refractivity (Wildman–Crippen MR) is 159 cm³/mol. The minimum absolute atomic E-state index is 0.170. The molecule has 38 heavy (non-hydrogen) atoms. The van der Waals surface area contributed by atoms with E-state index in [9.17, 15) is 13.2 Å². The van der Waals surface area contributed by atoms with Crippen LogP contribution in [0.3, 0.4) is 0 Å². The van der Waals surface area contributed by atoms with E-state index in [1.807, 2.05) is 20.2 Å². The standard InChI is InChI=1S/C29H42N4O3S2/c1-6-9-19-32(20-10-7-2)38(35,36)25-15-13-24(14-16-25)28(34)33(21-11-18-31(4)5)29-30-26-17-12-23(8-3)22-27(26)37-29/h12-17,22H,6-11,18-21H2,1-5H3. The quantitative estimate of drug-likeness (QED) is 0.227. The van der Waals surface area contributed by atoms with Crippen molar-refractivity contribution in [2.45, 2.75) is 64.2 Å². The fraction of sp³-hybridized carbons (Fsp3) is 0.517. The van der Waals surface area contributed by atoms with Crippen LogP contribution >= 0.6 is 11.3 Å². The van der Waals surface area contributed by atoms with Crippen LogP contribution in [0.4, 0.5) is 5.13 Å². The zero-order valence-corrected chi connectivity index (χ0v) is 25.1. The summed E-state index contributed by atoms with van der Waals surface area (Å²) >= 11 is 1.52. The molecular formula is C29H42N4O3S2. The maximum atomic E-state index is 13.7. The zero-order valence-electron chi connectivity index (χ0n) is 23.4. The van der Waals surface area contributed by atoms with Crippen LogP contribution < -0.4 is 4.90 Å². The van der Waals surface area contributed by atoms with Gasteiger partial charge >= 0.3 is 0 Å². The van der Waals surface area contributed by atoms with Crippen molar-refractivity contribution in [2.24, 2.45) is 0 Å². The Bertz CT molecular complexity index is 1280. The Balaban J connectivity index is 1.89. The number of unbranched alkanes of at least 4 members (excludes halogenated alkanes) is 2. The van der Waals surface area contributed by atoms with Gasteiger partial charge in [-0.15, -0.1) is 0 Å². The molecule has 9 heteroatoms. The van der Waals surface area contributed by atoms with E-state index >= 15 is 0 Å². The second-order valence-electron chi connectivity index (χ2n) is 9.90. The number of rotatable bonds is 15. The third-order valence-electron chi connectivity index (χ3n) is 6.57. The molecule has 0 atom stereocenters. The Kier molecular flexibility index (Phi) is 11.3. The van der Waals surface area contributed by atoms with Crippen molar-refractivity contribution in [2.75, 3.05) is 45.2 Å². The van der Waals surface area contributed by atoms with Crippen LogP contribution in [-0.4, -0.2) is 68.8 Å². The van der Waals surface area contributed by atoms with E-state index in [0.29, 0.717) is 30.3 Å². The van der Waals surface area contributed by atoms with Crippen molar-refractivity contribution in [1.29, 1.82) is 0 Å². The van der Waals surface area contributed by atoms with Crippen LogP contribution in [0, 0.1) is 0 Å². The molecule has 0 radical (unpaired) electrons. The van der Waals surface area contributed by atoms with Crippen molar-refractivity contribution < 1.29 is 13.2 Å². The van der Waals surface area contributed by atoms with E-state index in [0.717, 1.165) is 55.3 Å². The molecule has 7 nitrogen and oxygen atoms in total. The number of nitrogens with zero attached hydrogens (tertiary/aromatic N) is 4. The Morgan fingerprint density at radius 1 is 0.868 bits per heavy atom. The molecule has 0 unspecified atom stereocenters. The third kappa shape index (κ3) is 7.62. The maximum absolute atomic E-state index is 13.7. The monoisotopic (exact) mass is 558 g/mol. The number of aromatic nitrogens is 1. The topological polar surface area (TPSA) is 73.8 Å². The van der Waals surface area contributed by atoms with Gasteiger partial charge in [0.1, 0.15) is 0 Å². The van der Waals surface area contributed by atoms with E-state index in [-0.39, 0.29) is 10.8 Å². The Morgan fingerprint density at radius 3 is 2.11 bits per heavy atom. The van der Waals surface area contributed by atoms with Crippen LogP contribution in [0.25, 0.3) is 10.2 Å². The summed E-state index contributed by atoms with van der Waals surface area (Å²) in [6, 6.07) is 12.6. The number of amides is 1. The highest BCUT2D eigenvalue weighted by Gasteiger charge is 2.25. The summed E-state index contributed by atoms with van der Waals surface area (Å²) in [6.45, 7) is 8.63. The number of carbonyl (C=O) groups excluding carboxylic acids is 1. The fourth-order valence-electron chi connectivity index (χ4n) is 4.22. The molecule has 0 saturated carbocycles. The first kappa shape index (κ1) is 30.2. The highest BCUT2D eigenvalue weighted by Crippen LogP contribution is 2.31. The molecule has 0 saturated heterocycles. The predicted octanol–water partition coefficient (Wildman–Crippen LogP) is 6.05. The average molecular weight is 559 g/mol. The molecular weight excluding hydrogens is 516 g/mol. The fourth-order valence-corrected chi connectivity index (χ4v) is 6.79. The second kappa shape index (κ2) is 14.2. The smallest absolute Gasteiger partial charge is 0.260 e. The van der Waals surface area contributed by atoms with E-state index in [1.165, 1.54) is 16.9 Å². The van der Waals surface area contributed by atoms with E-state index < -0.39 is 10.0 Å². The summed E-state index contributed by atoms with van der Waals surface area (Å²) in [7, 11) is 0.411. The lowest BCUT2D eigenvalue weighted by atomic mass is 10.2. The van der Waals surface area contributed by atoms with Gasteiger partial charge in [-0.25, -0.2) is 13.4 Å². The highest BCUT2D eigenvalue weighted by molar-refractivity contribution is 7.89. The van der Waals surface area contributed by atoms with Gasteiger partial charge in [-0.05, 0) is 88.3 Å². The first-order chi connectivity index (χ1) is 18.2. The molecule has 1 heterocycles. The number of thiazole rings is 1. The molecule has 0 aliphatic carbocycles. The Labute approximate surface area is 232 Å². The molecule has 0 spiro atoms. The summed E-state index contributed by atoms with van der Waals surface area (Å²) in [5.41, 5.74) is 2.58. The number of hydrogen-bond donors (Lipinski definition) is 0. The molecule has 3 aromatic rings. The lowest BCUT2D eigenvalue weighted by Crippen LogP contribution is -2.34. The minimum atomic E-state index is -3.62. The van der Waals surface area contributed by atoms with Gasteiger partial charge in [-0.3, -0.25) is 9.69 Å². The number of sulfonamides is 1. The van der Waals surface area contributed by atoms with Crippen molar-refractivity contribution in [3.8, 4) is 0 Å². The van der Waals surface area contributed by atoms with E-state index in [4.69, 9.17) is 4.98 Å². The number of carbonyl (C=O) groups is 1. The highest BCUT2D eigenvalue weighted by atomic mass is 32.2. The third-order valence-corrected chi connectivity index (χ3v) is 9.53. The lowest BCUT2D eigenvalue weighted by molar-refractivity contribution is 0.0986. The van der Waals surface area contributed by atoms with Gasteiger partial charge in [0, 0.05) is 25.2 Å². The molecule has 3 rings (SSSR count). The van der Waals surface area contributed by atoms with Gasteiger partial charge in [0.2, 0.25) is 10.0 Å². The number of hydrogen-bond acceptors (Lipinski definition) is 6. The van der Waals surface area contributed by atoms with Gasteiger partial charge in [0.15, 0.2) is 5.13 Å². The first-order valence-electron chi connectivity index (χ1n) is 13.7. The van der Waals surface area contributed by atoms with Crippen molar-refractivity contribution >= 4 is 42.6 Å². The van der Waals surface area contributed by atoms with Crippen LogP contribution in [0.1, 0.15) is 68.8 Å². The summed E-state index contributed by atoms with van der Waals surface area (Å²) in [4.78, 5) is 22.6. The molecule has 1 aromatic heterocycles. The molecule has 0 fully saturated rings. The average Bonchev–Trinajstić information content (AvgIpc) is 3.33. The van der Waals surface area contributed by atoms with Crippen LogP contribution in [0.15, 0.2) is 47.4 Å². The lowest BCUT2D eigenvalue weighted by Gasteiger charge is -2.23. The summed E-state index contributed by atoms with van der Waals surface area (Å²) < 4.78 is 29.4. The van der Waals surface area contributed by atoms with Crippen molar-refractivity contribution in [3.05, 3.63) is 53.6 Å². The molecule has 0 bridgehead atoms. The SMILES string of the molecule is CCCCN(CCCC)S(=O)(=O)c1ccc(C(=O)N(CCCN(C)C)c2nc3ccc(CC)cc3s2)cc1. The molecule has 1 amide bonds. The number of benzene rings is 2. The van der Waals surface area contributed by atoms with Gasteiger partial charge in [-0.2, -0.15) is 4.31 Å². The number of anilines is 1. The van der Waals surface area contributed by atoms with Crippen LogP contribution in [-0.2, 0) is 16.4 Å². The van der Waals surface area contributed by atoms with Crippen molar-refractivity contribution in [3.63, 3.8) is 0 Å². The first-order valence-corrected chi connectivity index (χ1v) is 15.9. The van der Waals surface area contributed by atoms with Gasteiger partial charge < -0.3 is 4.90 Å². The Morgan fingerprint density at radius 2 is 1.53 bits per heavy atom. The normalized spacial score (nSPS) is 12.1. The second-order valence-corrected chi connectivity index (χ2v) is 12.8. The van der Waals surface area contributed by atoms with Crippen LogP contribution in [0.5, 0.6) is 0 Å². The van der Waals surface area contributed by atoms with E-state index in [1.54, 1.807) is 33.5 Å². The molecule has 0 aliphatic heterocycles. The zero-order chi connectivity index (χ0) is 27.7. The number of aryl methyl sites for hydroxylation is 1. The van der Waals surface area contributed by atoms with Crippen molar-refractivity contribution in [1.82, 2.24) is 14.2 Å². The van der Waals surface area contributed by atoms with Gasteiger partial charge in [0.05, 0.1) is 15.1 Å². The molecule has 2 aromatic carbocycles. The van der Waals surface area contributed by atoms with E-state index in [2.05, 4.69) is 37.8 Å². The summed E-state index contributed by atoms with van der Waals surface area (Å²) in [6.07, 6.45) is 5.25. The summed E-state index contributed by atoms with van der Waals surface area (Å²) in [5, 5.41) is 0.666. The van der Waals surface area contributed by atoms with Gasteiger partial charge in [-0.1, -0.05) is 51.0 Å². The number of fused-ring (bicyclic) bond motifs is 1. The van der Waals surface area contributed by atoms with Gasteiger partial charge in [0.25, 0.3) is 5.91 Å². The molecule has 0 N–H and O–H groups in total. The maximum Gasteiger partial charge on any atom is 0.260 e. The van der Waals surface area contributed by atoms with Crippen LogP contribution in [0.2, 0.25) is 0 Å².